The highest BCUT2D eigenvalue weighted by Gasteiger charge is 2.47. The summed E-state index contributed by atoms with van der Waals surface area (Å²) in [5.41, 5.74) is 3.23. The molecule has 4 fully saturated rings. The molecule has 2 N–H and O–H groups in total. The molecule has 4 aliphatic rings. The van der Waals surface area contributed by atoms with Crippen LogP contribution in [0.1, 0.15) is 43.2 Å². The molecule has 4 bridgehead atoms. The van der Waals surface area contributed by atoms with Crippen LogP contribution < -0.4 is 5.43 Å². The van der Waals surface area contributed by atoms with Gasteiger partial charge in [0.25, 0.3) is 5.91 Å². The molecule has 4 aliphatic carbocycles. The molecule has 4 heteroatoms. The average molecular weight is 374 g/mol. The van der Waals surface area contributed by atoms with Crippen LogP contribution in [0.5, 0.6) is 0 Å². The van der Waals surface area contributed by atoms with E-state index in [4.69, 9.17) is 0 Å². The number of hydrazone groups is 1. The fourth-order valence-corrected chi connectivity index (χ4v) is 5.83. The van der Waals surface area contributed by atoms with Crippen molar-refractivity contribution in [2.24, 2.45) is 28.8 Å². The molecule has 4 saturated carbocycles. The predicted octanol–water partition coefficient (Wildman–Crippen LogP) is 3.85. The molecule has 4 nitrogen and oxygen atoms in total. The smallest absolute Gasteiger partial charge is 0.281 e. The number of amides is 1. The van der Waals surface area contributed by atoms with Gasteiger partial charge in [0.15, 0.2) is 5.60 Å². The van der Waals surface area contributed by atoms with Crippen LogP contribution in [0.15, 0.2) is 65.8 Å². The highest BCUT2D eigenvalue weighted by molar-refractivity contribution is 5.94. The lowest BCUT2D eigenvalue weighted by atomic mass is 9.55. The number of benzene rings is 2. The molecule has 0 radical (unpaired) electrons. The molecular formula is C24H26N2O2. The molecule has 0 aliphatic heterocycles. The first kappa shape index (κ1) is 17.6. The Labute approximate surface area is 165 Å². The van der Waals surface area contributed by atoms with E-state index in [0.29, 0.717) is 23.0 Å². The minimum Gasteiger partial charge on any atom is -0.372 e. The standard InChI is InChI=1S/C24H26N2O2/c27-23(26-25-22-18-12-16-11-17(14-18)15-19(22)13-16)24(28,20-7-3-1-4-8-20)21-9-5-2-6-10-21/h1-10,16-19,28H,11-15H2,(H,26,27). The summed E-state index contributed by atoms with van der Waals surface area (Å²) < 4.78 is 0. The van der Waals surface area contributed by atoms with Gasteiger partial charge in [-0.15, -0.1) is 0 Å². The molecule has 6 rings (SSSR count). The van der Waals surface area contributed by atoms with Gasteiger partial charge in [0, 0.05) is 5.71 Å². The molecule has 1 amide bonds. The molecule has 2 aromatic rings. The Morgan fingerprint density at radius 1 is 0.821 bits per heavy atom. The van der Waals surface area contributed by atoms with Crippen molar-refractivity contribution in [2.75, 3.05) is 0 Å². The summed E-state index contributed by atoms with van der Waals surface area (Å²) in [5, 5.41) is 16.1. The van der Waals surface area contributed by atoms with E-state index in [1.54, 1.807) is 24.3 Å². The van der Waals surface area contributed by atoms with Gasteiger partial charge in [-0.05, 0) is 66.9 Å². The number of rotatable bonds is 4. The normalized spacial score (nSPS) is 28.2. The van der Waals surface area contributed by atoms with Crippen molar-refractivity contribution in [3.05, 3.63) is 71.8 Å². The van der Waals surface area contributed by atoms with Crippen LogP contribution in [0.2, 0.25) is 0 Å². The number of hydrogen-bond acceptors (Lipinski definition) is 3. The number of hydrogen-bond donors (Lipinski definition) is 2. The molecule has 0 spiro atoms. The second-order valence-corrected chi connectivity index (χ2v) is 8.72. The topological polar surface area (TPSA) is 61.7 Å². The van der Waals surface area contributed by atoms with E-state index < -0.39 is 11.5 Å². The van der Waals surface area contributed by atoms with Crippen molar-refractivity contribution in [1.82, 2.24) is 5.43 Å². The summed E-state index contributed by atoms with van der Waals surface area (Å²) in [6.07, 6.45) is 6.23. The number of aliphatic hydroxyl groups is 1. The third kappa shape index (κ3) is 2.87. The van der Waals surface area contributed by atoms with Crippen LogP contribution in [0.25, 0.3) is 0 Å². The highest BCUT2D eigenvalue weighted by atomic mass is 16.3. The Balaban J connectivity index is 1.45. The van der Waals surface area contributed by atoms with Gasteiger partial charge in [-0.2, -0.15) is 5.10 Å². The molecule has 144 valence electrons. The molecule has 0 heterocycles. The zero-order chi connectivity index (χ0) is 19.1. The van der Waals surface area contributed by atoms with Crippen molar-refractivity contribution in [2.45, 2.75) is 37.7 Å². The Morgan fingerprint density at radius 3 is 1.75 bits per heavy atom. The van der Waals surface area contributed by atoms with E-state index in [0.717, 1.165) is 17.5 Å². The van der Waals surface area contributed by atoms with Gasteiger partial charge < -0.3 is 5.11 Å². The Morgan fingerprint density at radius 2 is 1.29 bits per heavy atom. The number of nitrogens with one attached hydrogen (secondary N) is 1. The zero-order valence-electron chi connectivity index (χ0n) is 15.9. The SMILES string of the molecule is O=C(NN=C1C2CC3CC(C2)CC1C3)C(O)(c1ccccc1)c1ccccc1. The monoisotopic (exact) mass is 374 g/mol. The van der Waals surface area contributed by atoms with Crippen LogP contribution in [-0.2, 0) is 10.4 Å². The van der Waals surface area contributed by atoms with Gasteiger partial charge >= 0.3 is 0 Å². The highest BCUT2D eigenvalue weighted by Crippen LogP contribution is 2.52. The second-order valence-electron chi connectivity index (χ2n) is 8.72. The summed E-state index contributed by atoms with van der Waals surface area (Å²) in [7, 11) is 0. The van der Waals surface area contributed by atoms with Gasteiger partial charge in [-0.3, -0.25) is 4.79 Å². The van der Waals surface area contributed by atoms with Gasteiger partial charge in [-0.25, -0.2) is 5.43 Å². The van der Waals surface area contributed by atoms with E-state index in [9.17, 15) is 9.90 Å². The first-order chi connectivity index (χ1) is 13.6. The summed E-state index contributed by atoms with van der Waals surface area (Å²) >= 11 is 0. The summed E-state index contributed by atoms with van der Waals surface area (Å²) in [4.78, 5) is 13.2. The largest absolute Gasteiger partial charge is 0.372 e. The first-order valence-corrected chi connectivity index (χ1v) is 10.4. The van der Waals surface area contributed by atoms with E-state index in [1.807, 2.05) is 36.4 Å². The van der Waals surface area contributed by atoms with Crippen LogP contribution in [-0.4, -0.2) is 16.7 Å². The predicted molar refractivity (Wildman–Crippen MR) is 109 cm³/mol. The van der Waals surface area contributed by atoms with Crippen LogP contribution in [0.4, 0.5) is 0 Å². The maximum Gasteiger partial charge on any atom is 0.281 e. The van der Waals surface area contributed by atoms with E-state index >= 15 is 0 Å². The lowest BCUT2D eigenvalue weighted by molar-refractivity contribution is -0.136. The Hall–Kier alpha value is -2.46. The van der Waals surface area contributed by atoms with Crippen molar-refractivity contribution >= 4 is 11.6 Å². The maximum absolute atomic E-state index is 13.2. The second kappa shape index (κ2) is 6.85. The molecule has 0 saturated heterocycles. The van der Waals surface area contributed by atoms with Crippen LogP contribution >= 0.6 is 0 Å². The average Bonchev–Trinajstić information content (AvgIpc) is 2.73. The Bertz CT molecular complexity index is 822. The van der Waals surface area contributed by atoms with Crippen molar-refractivity contribution in [3.63, 3.8) is 0 Å². The number of nitrogens with zero attached hydrogens (tertiary/aromatic N) is 1. The molecule has 2 aromatic carbocycles. The van der Waals surface area contributed by atoms with Crippen LogP contribution in [0, 0.1) is 23.7 Å². The van der Waals surface area contributed by atoms with E-state index in [2.05, 4.69) is 10.5 Å². The molecule has 28 heavy (non-hydrogen) atoms. The summed E-state index contributed by atoms with van der Waals surface area (Å²) in [6.45, 7) is 0. The first-order valence-electron chi connectivity index (χ1n) is 10.4. The van der Waals surface area contributed by atoms with Crippen molar-refractivity contribution in [1.29, 1.82) is 0 Å². The van der Waals surface area contributed by atoms with Gasteiger partial charge in [-0.1, -0.05) is 60.7 Å². The van der Waals surface area contributed by atoms with Gasteiger partial charge in [0.05, 0.1) is 0 Å². The minimum atomic E-state index is -1.77. The molecule has 0 unspecified atom stereocenters. The van der Waals surface area contributed by atoms with Crippen molar-refractivity contribution in [3.8, 4) is 0 Å². The van der Waals surface area contributed by atoms with Crippen molar-refractivity contribution < 1.29 is 9.90 Å². The zero-order valence-corrected chi connectivity index (χ0v) is 15.9. The number of carbonyl (C=O) groups excluding carboxylic acids is 1. The molecule has 0 atom stereocenters. The molecule has 0 aromatic heterocycles. The number of carbonyl (C=O) groups is 1. The summed E-state index contributed by atoms with van der Waals surface area (Å²) in [5.74, 6) is 2.23. The minimum absolute atomic E-state index is 0.494. The van der Waals surface area contributed by atoms with Gasteiger partial charge in [0.2, 0.25) is 0 Å². The lowest BCUT2D eigenvalue weighted by Gasteiger charge is -2.50. The maximum atomic E-state index is 13.2. The van der Waals surface area contributed by atoms with E-state index in [-0.39, 0.29) is 0 Å². The van der Waals surface area contributed by atoms with Gasteiger partial charge in [0.1, 0.15) is 0 Å². The summed E-state index contributed by atoms with van der Waals surface area (Å²) in [6, 6.07) is 18.2. The quantitative estimate of drug-likeness (QED) is 0.799. The fourth-order valence-electron chi connectivity index (χ4n) is 5.83. The fraction of sp³-hybridized carbons (Fsp3) is 0.417. The third-order valence-electron chi connectivity index (χ3n) is 6.97. The van der Waals surface area contributed by atoms with E-state index in [1.165, 1.54) is 32.1 Å². The van der Waals surface area contributed by atoms with Crippen LogP contribution in [0.3, 0.4) is 0 Å². The lowest BCUT2D eigenvalue weighted by Crippen LogP contribution is -2.48. The third-order valence-corrected chi connectivity index (χ3v) is 6.97. The Kier molecular flexibility index (Phi) is 4.31. The molecular weight excluding hydrogens is 348 g/mol.